The molecular weight excluding hydrogens is 206 g/mol. The van der Waals surface area contributed by atoms with Crippen LogP contribution in [-0.4, -0.2) is 29.9 Å². The van der Waals surface area contributed by atoms with E-state index in [0.717, 1.165) is 5.57 Å². The molecule has 1 aliphatic rings. The zero-order valence-corrected chi connectivity index (χ0v) is 9.82. The molecule has 0 bridgehead atoms. The molecule has 5 nitrogen and oxygen atoms in total. The molecule has 1 fully saturated rings. The van der Waals surface area contributed by atoms with Crippen LogP contribution in [0.4, 0.5) is 4.79 Å². The predicted molar refractivity (Wildman–Crippen MR) is 61.5 cm³/mol. The fourth-order valence-corrected chi connectivity index (χ4v) is 1.66. The van der Waals surface area contributed by atoms with Gasteiger partial charge < -0.3 is 16.0 Å². The summed E-state index contributed by atoms with van der Waals surface area (Å²) < 4.78 is 0. The molecule has 5 heteroatoms. The summed E-state index contributed by atoms with van der Waals surface area (Å²) in [6.07, 6.45) is 3.01. The van der Waals surface area contributed by atoms with Gasteiger partial charge in [0.1, 0.15) is 0 Å². The summed E-state index contributed by atoms with van der Waals surface area (Å²) in [5.41, 5.74) is 6.26. The van der Waals surface area contributed by atoms with Crippen molar-refractivity contribution in [1.29, 1.82) is 0 Å². The summed E-state index contributed by atoms with van der Waals surface area (Å²) in [6, 6.07) is -0.107. The van der Waals surface area contributed by atoms with Gasteiger partial charge in [-0.15, -0.1) is 0 Å². The standard InChI is InChI=1S/C11H19N3O2/c1-8(2)7-13-11(16)14-5-3-9(4-6-14)10(12)15/h7,9H,3-6H2,1-2H3,(H2,12,15)(H,13,16). The van der Waals surface area contributed by atoms with Crippen molar-refractivity contribution in [3.05, 3.63) is 11.8 Å². The number of nitrogens with one attached hydrogen (secondary N) is 1. The summed E-state index contributed by atoms with van der Waals surface area (Å²) in [5, 5.41) is 2.70. The van der Waals surface area contributed by atoms with Gasteiger partial charge in [0.15, 0.2) is 0 Å². The van der Waals surface area contributed by atoms with Crippen molar-refractivity contribution in [3.63, 3.8) is 0 Å². The second-order valence-electron chi connectivity index (χ2n) is 4.33. The quantitative estimate of drug-likeness (QED) is 0.730. The number of nitrogens with two attached hydrogens (primary N) is 1. The van der Waals surface area contributed by atoms with Crippen molar-refractivity contribution in [2.75, 3.05) is 13.1 Å². The highest BCUT2D eigenvalue weighted by Gasteiger charge is 2.25. The summed E-state index contributed by atoms with van der Waals surface area (Å²) in [5.74, 6) is -0.336. The first-order valence-electron chi connectivity index (χ1n) is 5.49. The lowest BCUT2D eigenvalue weighted by Crippen LogP contribution is -2.45. The maximum absolute atomic E-state index is 11.6. The normalized spacial score (nSPS) is 16.8. The van der Waals surface area contributed by atoms with Crippen molar-refractivity contribution in [2.45, 2.75) is 26.7 Å². The number of urea groups is 1. The van der Waals surface area contributed by atoms with Crippen molar-refractivity contribution in [3.8, 4) is 0 Å². The Balaban J connectivity index is 2.39. The number of rotatable bonds is 2. The molecule has 0 aromatic carbocycles. The van der Waals surface area contributed by atoms with Gasteiger partial charge in [-0.3, -0.25) is 4.79 Å². The van der Waals surface area contributed by atoms with Crippen LogP contribution in [0.5, 0.6) is 0 Å². The van der Waals surface area contributed by atoms with Crippen LogP contribution in [0.1, 0.15) is 26.7 Å². The van der Waals surface area contributed by atoms with E-state index < -0.39 is 0 Å². The minimum absolute atomic E-state index is 0.0764. The molecule has 3 N–H and O–H groups in total. The van der Waals surface area contributed by atoms with Crippen molar-refractivity contribution in [2.24, 2.45) is 11.7 Å². The molecule has 0 unspecified atom stereocenters. The van der Waals surface area contributed by atoms with E-state index in [2.05, 4.69) is 5.32 Å². The maximum Gasteiger partial charge on any atom is 0.321 e. The Labute approximate surface area is 95.7 Å². The molecule has 0 aliphatic carbocycles. The third-order valence-corrected chi connectivity index (χ3v) is 2.67. The number of primary amides is 1. The highest BCUT2D eigenvalue weighted by atomic mass is 16.2. The van der Waals surface area contributed by atoms with Crippen LogP contribution in [0.15, 0.2) is 11.8 Å². The van der Waals surface area contributed by atoms with Gasteiger partial charge in [0.25, 0.3) is 0 Å². The number of nitrogens with zero attached hydrogens (tertiary/aromatic N) is 1. The smallest absolute Gasteiger partial charge is 0.321 e. The topological polar surface area (TPSA) is 75.4 Å². The highest BCUT2D eigenvalue weighted by Crippen LogP contribution is 2.16. The lowest BCUT2D eigenvalue weighted by atomic mass is 9.96. The van der Waals surface area contributed by atoms with E-state index in [4.69, 9.17) is 5.73 Å². The number of amides is 3. The Morgan fingerprint density at radius 3 is 2.31 bits per heavy atom. The summed E-state index contributed by atoms with van der Waals surface area (Å²) >= 11 is 0. The summed E-state index contributed by atoms with van der Waals surface area (Å²) in [7, 11) is 0. The third kappa shape index (κ3) is 3.56. The fraction of sp³-hybridized carbons (Fsp3) is 0.636. The van der Waals surface area contributed by atoms with Crippen molar-refractivity contribution >= 4 is 11.9 Å². The van der Waals surface area contributed by atoms with Crippen LogP contribution in [0.3, 0.4) is 0 Å². The highest BCUT2D eigenvalue weighted by molar-refractivity contribution is 5.78. The van der Waals surface area contributed by atoms with Gasteiger partial charge in [-0.1, -0.05) is 5.57 Å². The predicted octanol–water partition coefficient (Wildman–Crippen LogP) is 0.817. The molecule has 1 rings (SSSR count). The molecule has 90 valence electrons. The average Bonchev–Trinajstić information content (AvgIpc) is 2.26. The van der Waals surface area contributed by atoms with Crippen LogP contribution in [0, 0.1) is 5.92 Å². The van der Waals surface area contributed by atoms with E-state index in [1.807, 2.05) is 13.8 Å². The van der Waals surface area contributed by atoms with Crippen molar-refractivity contribution < 1.29 is 9.59 Å². The minimum atomic E-state index is -0.260. The molecule has 0 radical (unpaired) electrons. The summed E-state index contributed by atoms with van der Waals surface area (Å²) in [4.78, 5) is 24.3. The Morgan fingerprint density at radius 1 is 1.31 bits per heavy atom. The number of carbonyl (C=O) groups excluding carboxylic acids is 2. The third-order valence-electron chi connectivity index (χ3n) is 2.67. The van der Waals surface area contributed by atoms with Crippen LogP contribution >= 0.6 is 0 Å². The van der Waals surface area contributed by atoms with E-state index >= 15 is 0 Å². The molecular formula is C11H19N3O2. The van der Waals surface area contributed by atoms with E-state index in [1.54, 1.807) is 11.1 Å². The lowest BCUT2D eigenvalue weighted by molar-refractivity contribution is -0.122. The number of piperidine rings is 1. The van der Waals surface area contributed by atoms with E-state index in [-0.39, 0.29) is 17.9 Å². The first-order chi connectivity index (χ1) is 7.50. The molecule has 0 spiro atoms. The SMILES string of the molecule is CC(C)=CNC(=O)N1CCC(C(N)=O)CC1. The number of hydrogen-bond acceptors (Lipinski definition) is 2. The average molecular weight is 225 g/mol. The molecule has 3 amide bonds. The Kier molecular flexibility index (Phi) is 4.34. The van der Waals surface area contributed by atoms with Crippen LogP contribution in [0.25, 0.3) is 0 Å². The van der Waals surface area contributed by atoms with Gasteiger partial charge in [-0.2, -0.15) is 0 Å². The maximum atomic E-state index is 11.6. The van der Waals surface area contributed by atoms with Gasteiger partial charge in [0.05, 0.1) is 0 Å². The van der Waals surface area contributed by atoms with E-state index in [1.165, 1.54) is 0 Å². The Bertz CT molecular complexity index is 300. The van der Waals surface area contributed by atoms with Crippen molar-refractivity contribution in [1.82, 2.24) is 10.2 Å². The van der Waals surface area contributed by atoms with Gasteiger partial charge in [-0.05, 0) is 26.7 Å². The molecule has 0 atom stereocenters. The van der Waals surface area contributed by atoms with Gasteiger partial charge in [0.2, 0.25) is 5.91 Å². The van der Waals surface area contributed by atoms with Gasteiger partial charge >= 0.3 is 6.03 Å². The largest absolute Gasteiger partial charge is 0.369 e. The molecule has 1 saturated heterocycles. The zero-order chi connectivity index (χ0) is 12.1. The first kappa shape index (κ1) is 12.5. The second kappa shape index (κ2) is 5.53. The van der Waals surface area contributed by atoms with Gasteiger partial charge in [0, 0.05) is 25.2 Å². The molecule has 0 saturated carbocycles. The number of carbonyl (C=O) groups is 2. The van der Waals surface area contributed by atoms with Crippen LogP contribution < -0.4 is 11.1 Å². The van der Waals surface area contributed by atoms with Crippen LogP contribution in [0.2, 0.25) is 0 Å². The fourth-order valence-electron chi connectivity index (χ4n) is 1.66. The van der Waals surface area contributed by atoms with E-state index in [9.17, 15) is 9.59 Å². The zero-order valence-electron chi connectivity index (χ0n) is 9.82. The van der Waals surface area contributed by atoms with Gasteiger partial charge in [-0.25, -0.2) is 4.79 Å². The van der Waals surface area contributed by atoms with Crippen LogP contribution in [-0.2, 0) is 4.79 Å². The molecule has 1 heterocycles. The number of hydrogen-bond donors (Lipinski definition) is 2. The molecule has 1 aliphatic heterocycles. The monoisotopic (exact) mass is 225 g/mol. The Hall–Kier alpha value is -1.52. The Morgan fingerprint density at radius 2 is 1.88 bits per heavy atom. The summed E-state index contributed by atoms with van der Waals surface area (Å²) in [6.45, 7) is 5.02. The first-order valence-corrected chi connectivity index (χ1v) is 5.49. The second-order valence-corrected chi connectivity index (χ2v) is 4.33. The number of likely N-dealkylation sites (tertiary alicyclic amines) is 1. The molecule has 16 heavy (non-hydrogen) atoms. The minimum Gasteiger partial charge on any atom is -0.369 e. The molecule has 0 aromatic rings. The number of allylic oxidation sites excluding steroid dienone is 1. The van der Waals surface area contributed by atoms with E-state index in [0.29, 0.717) is 25.9 Å². The molecule has 0 aromatic heterocycles. The lowest BCUT2D eigenvalue weighted by Gasteiger charge is -2.30.